The Kier molecular flexibility index (Phi) is 6.90. The molecule has 2 fully saturated rings. The van der Waals surface area contributed by atoms with E-state index in [0.717, 1.165) is 6.54 Å². The molecule has 0 radical (unpaired) electrons. The highest BCUT2D eigenvalue weighted by molar-refractivity contribution is 5.85. The molecular formula is C19H32ClN3. The number of nitrogens with one attached hydrogen (secondary N) is 1. The van der Waals surface area contributed by atoms with Gasteiger partial charge in [0.15, 0.2) is 0 Å². The van der Waals surface area contributed by atoms with Gasteiger partial charge in [0.05, 0.1) is 0 Å². The summed E-state index contributed by atoms with van der Waals surface area (Å²) in [6, 6.07) is 11.6. The maximum atomic E-state index is 3.53. The summed E-state index contributed by atoms with van der Waals surface area (Å²) in [5.74, 6) is 0. The van der Waals surface area contributed by atoms with E-state index in [0.29, 0.717) is 11.5 Å². The SMILES string of the molecule is CC1CCN(CC2(C)CCNC2)CCN1Cc1ccccc1.Cl. The lowest BCUT2D eigenvalue weighted by Gasteiger charge is -2.31. The number of nitrogens with zero attached hydrogens (tertiary/aromatic N) is 2. The van der Waals surface area contributed by atoms with Crippen LogP contribution in [0.4, 0.5) is 0 Å². The summed E-state index contributed by atoms with van der Waals surface area (Å²) >= 11 is 0. The van der Waals surface area contributed by atoms with Gasteiger partial charge in [-0.2, -0.15) is 0 Å². The van der Waals surface area contributed by atoms with E-state index in [1.165, 1.54) is 57.7 Å². The number of benzene rings is 1. The van der Waals surface area contributed by atoms with Crippen molar-refractivity contribution in [1.29, 1.82) is 0 Å². The van der Waals surface area contributed by atoms with Crippen LogP contribution in [0.15, 0.2) is 30.3 Å². The first kappa shape index (κ1) is 18.7. The Labute approximate surface area is 147 Å². The van der Waals surface area contributed by atoms with Crippen molar-refractivity contribution in [3.8, 4) is 0 Å². The van der Waals surface area contributed by atoms with Crippen molar-refractivity contribution >= 4 is 12.4 Å². The molecule has 2 atom stereocenters. The summed E-state index contributed by atoms with van der Waals surface area (Å²) in [6.07, 6.45) is 2.61. The second-order valence-electron chi connectivity index (χ2n) is 7.61. The second-order valence-corrected chi connectivity index (χ2v) is 7.61. The van der Waals surface area contributed by atoms with Gasteiger partial charge >= 0.3 is 0 Å². The molecule has 4 heteroatoms. The normalized spacial score (nSPS) is 29.9. The molecule has 2 aliphatic rings. The first-order valence-corrected chi connectivity index (χ1v) is 8.86. The fourth-order valence-corrected chi connectivity index (χ4v) is 3.91. The fraction of sp³-hybridized carbons (Fsp3) is 0.684. The van der Waals surface area contributed by atoms with Crippen LogP contribution in [-0.4, -0.2) is 55.1 Å². The molecule has 0 aliphatic carbocycles. The molecule has 1 aromatic rings. The first-order chi connectivity index (χ1) is 10.6. The quantitative estimate of drug-likeness (QED) is 0.911. The third-order valence-corrected chi connectivity index (χ3v) is 5.48. The molecule has 2 saturated heterocycles. The summed E-state index contributed by atoms with van der Waals surface area (Å²) in [4.78, 5) is 5.36. The van der Waals surface area contributed by atoms with Crippen LogP contribution in [0, 0.1) is 5.41 Å². The third-order valence-electron chi connectivity index (χ3n) is 5.48. The molecular weight excluding hydrogens is 306 g/mol. The van der Waals surface area contributed by atoms with E-state index in [1.807, 2.05) is 0 Å². The van der Waals surface area contributed by atoms with Crippen molar-refractivity contribution in [3.05, 3.63) is 35.9 Å². The van der Waals surface area contributed by atoms with E-state index < -0.39 is 0 Å². The highest BCUT2D eigenvalue weighted by atomic mass is 35.5. The monoisotopic (exact) mass is 337 g/mol. The van der Waals surface area contributed by atoms with Gasteiger partial charge in [-0.15, -0.1) is 12.4 Å². The molecule has 1 aromatic carbocycles. The summed E-state index contributed by atoms with van der Waals surface area (Å²) in [6.45, 7) is 13.2. The smallest absolute Gasteiger partial charge is 0.0237 e. The summed E-state index contributed by atoms with van der Waals surface area (Å²) < 4.78 is 0. The van der Waals surface area contributed by atoms with Gasteiger partial charge in [0.25, 0.3) is 0 Å². The van der Waals surface area contributed by atoms with E-state index in [-0.39, 0.29) is 12.4 Å². The van der Waals surface area contributed by atoms with Crippen molar-refractivity contribution in [3.63, 3.8) is 0 Å². The van der Waals surface area contributed by atoms with Crippen molar-refractivity contribution in [2.75, 3.05) is 39.3 Å². The van der Waals surface area contributed by atoms with Crippen molar-refractivity contribution in [2.45, 2.75) is 39.3 Å². The summed E-state index contributed by atoms with van der Waals surface area (Å²) in [5.41, 5.74) is 1.92. The Morgan fingerprint density at radius 2 is 1.96 bits per heavy atom. The van der Waals surface area contributed by atoms with Crippen LogP contribution < -0.4 is 5.32 Å². The molecule has 3 rings (SSSR count). The highest BCUT2D eigenvalue weighted by Crippen LogP contribution is 2.26. The molecule has 2 aliphatic heterocycles. The minimum atomic E-state index is 0. The van der Waals surface area contributed by atoms with E-state index in [9.17, 15) is 0 Å². The molecule has 3 nitrogen and oxygen atoms in total. The number of hydrogen-bond donors (Lipinski definition) is 1. The average molecular weight is 338 g/mol. The number of hydrogen-bond acceptors (Lipinski definition) is 3. The number of rotatable bonds is 4. The Morgan fingerprint density at radius 1 is 1.17 bits per heavy atom. The van der Waals surface area contributed by atoms with Gasteiger partial charge in [0.1, 0.15) is 0 Å². The average Bonchev–Trinajstić information content (AvgIpc) is 2.88. The highest BCUT2D eigenvalue weighted by Gasteiger charge is 2.31. The molecule has 130 valence electrons. The van der Waals surface area contributed by atoms with Crippen LogP contribution >= 0.6 is 12.4 Å². The van der Waals surface area contributed by atoms with Gasteiger partial charge in [0, 0.05) is 38.8 Å². The lowest BCUT2D eigenvalue weighted by molar-refractivity contribution is 0.175. The maximum Gasteiger partial charge on any atom is 0.0237 e. The Balaban J connectivity index is 0.00000192. The second kappa shape index (κ2) is 8.48. The molecule has 1 N–H and O–H groups in total. The molecule has 0 bridgehead atoms. The van der Waals surface area contributed by atoms with Gasteiger partial charge in [-0.3, -0.25) is 4.90 Å². The Hall–Kier alpha value is -0.610. The molecule has 2 unspecified atom stereocenters. The lowest BCUT2D eigenvalue weighted by Crippen LogP contribution is -2.39. The van der Waals surface area contributed by atoms with Crippen LogP contribution in [0.1, 0.15) is 32.3 Å². The van der Waals surface area contributed by atoms with Crippen LogP contribution in [0.5, 0.6) is 0 Å². The summed E-state index contributed by atoms with van der Waals surface area (Å²) in [7, 11) is 0. The van der Waals surface area contributed by atoms with E-state index >= 15 is 0 Å². The lowest BCUT2D eigenvalue weighted by atomic mass is 9.89. The van der Waals surface area contributed by atoms with Crippen molar-refractivity contribution in [2.24, 2.45) is 5.41 Å². The standard InChI is InChI=1S/C19H31N3.ClH/c1-17-8-11-21(16-19(2)9-10-20-15-19)12-13-22(17)14-18-6-4-3-5-7-18;/h3-7,17,20H,8-16H2,1-2H3;1H. The van der Waals surface area contributed by atoms with E-state index in [2.05, 4.69) is 59.3 Å². The van der Waals surface area contributed by atoms with Crippen LogP contribution in [0.25, 0.3) is 0 Å². The van der Waals surface area contributed by atoms with Crippen LogP contribution in [0.2, 0.25) is 0 Å². The molecule has 23 heavy (non-hydrogen) atoms. The van der Waals surface area contributed by atoms with Gasteiger partial charge < -0.3 is 10.2 Å². The number of halogens is 1. The zero-order valence-electron chi connectivity index (χ0n) is 14.6. The zero-order chi connectivity index (χ0) is 15.4. The van der Waals surface area contributed by atoms with Crippen molar-refractivity contribution < 1.29 is 0 Å². The molecule has 2 heterocycles. The van der Waals surface area contributed by atoms with Crippen molar-refractivity contribution in [1.82, 2.24) is 15.1 Å². The van der Waals surface area contributed by atoms with E-state index in [1.54, 1.807) is 0 Å². The zero-order valence-corrected chi connectivity index (χ0v) is 15.4. The van der Waals surface area contributed by atoms with Gasteiger partial charge in [0.2, 0.25) is 0 Å². The molecule has 0 spiro atoms. The summed E-state index contributed by atoms with van der Waals surface area (Å²) in [5, 5.41) is 3.53. The largest absolute Gasteiger partial charge is 0.316 e. The van der Waals surface area contributed by atoms with E-state index in [4.69, 9.17) is 0 Å². The van der Waals surface area contributed by atoms with Gasteiger partial charge in [-0.05, 0) is 43.8 Å². The van der Waals surface area contributed by atoms with Gasteiger partial charge in [-0.1, -0.05) is 37.3 Å². The van der Waals surface area contributed by atoms with Crippen LogP contribution in [-0.2, 0) is 6.54 Å². The Morgan fingerprint density at radius 3 is 2.65 bits per heavy atom. The molecule has 0 aromatic heterocycles. The van der Waals surface area contributed by atoms with Gasteiger partial charge in [-0.25, -0.2) is 0 Å². The molecule has 0 saturated carbocycles. The minimum absolute atomic E-state index is 0. The fourth-order valence-electron chi connectivity index (χ4n) is 3.91. The maximum absolute atomic E-state index is 3.53. The topological polar surface area (TPSA) is 18.5 Å². The predicted molar refractivity (Wildman–Crippen MR) is 100 cm³/mol. The minimum Gasteiger partial charge on any atom is -0.316 e. The predicted octanol–water partition coefficient (Wildman–Crippen LogP) is 3.00. The first-order valence-electron chi connectivity index (χ1n) is 8.86. The third kappa shape index (κ3) is 5.18. The Bertz CT molecular complexity index is 459. The molecule has 0 amide bonds. The van der Waals surface area contributed by atoms with Crippen LogP contribution in [0.3, 0.4) is 0 Å².